The van der Waals surface area contributed by atoms with E-state index in [0.29, 0.717) is 5.65 Å². The zero-order valence-electron chi connectivity index (χ0n) is 11.6. The fourth-order valence-corrected chi connectivity index (χ4v) is 3.40. The highest BCUT2D eigenvalue weighted by molar-refractivity contribution is 7.99. The lowest BCUT2D eigenvalue weighted by Crippen LogP contribution is -2.25. The quantitative estimate of drug-likeness (QED) is 0.555. The summed E-state index contributed by atoms with van der Waals surface area (Å²) in [6.45, 7) is 2.09. The van der Waals surface area contributed by atoms with Crippen LogP contribution in [0.5, 0.6) is 0 Å². The van der Waals surface area contributed by atoms with E-state index in [0.717, 1.165) is 22.5 Å². The van der Waals surface area contributed by atoms with Gasteiger partial charge >= 0.3 is 0 Å². The molecule has 0 saturated heterocycles. The van der Waals surface area contributed by atoms with Crippen molar-refractivity contribution in [3.8, 4) is 0 Å². The summed E-state index contributed by atoms with van der Waals surface area (Å²) in [4.78, 5) is 19.8. The van der Waals surface area contributed by atoms with E-state index in [9.17, 15) is 0 Å². The van der Waals surface area contributed by atoms with Crippen LogP contribution in [-0.4, -0.2) is 31.0 Å². The van der Waals surface area contributed by atoms with Crippen molar-refractivity contribution in [2.45, 2.75) is 29.7 Å². The molecular weight excluding hydrogens is 284 g/mol. The van der Waals surface area contributed by atoms with Gasteiger partial charge < -0.3 is 10.7 Å². The van der Waals surface area contributed by atoms with Gasteiger partial charge in [-0.05, 0) is 24.1 Å². The Morgan fingerprint density at radius 3 is 2.81 bits per heavy atom. The smallest absolute Gasteiger partial charge is 0.181 e. The molecule has 0 aliphatic carbocycles. The second-order valence-corrected chi connectivity index (χ2v) is 5.80. The zero-order chi connectivity index (χ0) is 14.7. The van der Waals surface area contributed by atoms with E-state index in [1.165, 1.54) is 6.33 Å². The number of imidazole rings is 1. The van der Waals surface area contributed by atoms with E-state index in [2.05, 4.69) is 31.8 Å². The Labute approximate surface area is 126 Å². The number of aromatic amines is 1. The minimum atomic E-state index is 0.0327. The summed E-state index contributed by atoms with van der Waals surface area (Å²) in [5, 5.41) is 0.975. The van der Waals surface area contributed by atoms with Crippen molar-refractivity contribution in [3.05, 3.63) is 42.7 Å². The van der Waals surface area contributed by atoms with Crippen molar-refractivity contribution in [1.82, 2.24) is 24.9 Å². The molecule has 0 bridgehead atoms. The molecule has 3 aromatic heterocycles. The fourth-order valence-electron chi connectivity index (χ4n) is 2.12. The second kappa shape index (κ2) is 6.19. The molecule has 3 heterocycles. The maximum atomic E-state index is 6.31. The van der Waals surface area contributed by atoms with E-state index in [4.69, 9.17) is 5.73 Å². The van der Waals surface area contributed by atoms with E-state index in [1.54, 1.807) is 30.5 Å². The standard InChI is InChI=1S/C14H16N6S/c1-2-10(15)12(9-3-5-16-6-4-9)21-14-11-13(18-7-17-11)19-8-20-14/h3-8,10,12H,2,15H2,1H3,(H,17,18,19,20). The van der Waals surface area contributed by atoms with Crippen molar-refractivity contribution in [2.24, 2.45) is 5.73 Å². The van der Waals surface area contributed by atoms with Gasteiger partial charge in [-0.2, -0.15) is 0 Å². The summed E-state index contributed by atoms with van der Waals surface area (Å²) < 4.78 is 0. The summed E-state index contributed by atoms with van der Waals surface area (Å²) >= 11 is 1.63. The molecule has 108 valence electrons. The molecule has 2 unspecified atom stereocenters. The van der Waals surface area contributed by atoms with E-state index >= 15 is 0 Å². The predicted molar refractivity (Wildman–Crippen MR) is 82.8 cm³/mol. The van der Waals surface area contributed by atoms with Crippen LogP contribution in [0.4, 0.5) is 0 Å². The van der Waals surface area contributed by atoms with Crippen molar-refractivity contribution in [3.63, 3.8) is 0 Å². The van der Waals surface area contributed by atoms with Crippen molar-refractivity contribution < 1.29 is 0 Å². The molecule has 3 rings (SSSR count). The summed E-state index contributed by atoms with van der Waals surface area (Å²) in [6.07, 6.45) is 7.63. The largest absolute Gasteiger partial charge is 0.341 e. The van der Waals surface area contributed by atoms with Crippen LogP contribution in [0.3, 0.4) is 0 Å². The Balaban J connectivity index is 1.97. The summed E-state index contributed by atoms with van der Waals surface area (Å²) in [5.74, 6) is 0. The normalized spacial score (nSPS) is 14.2. The van der Waals surface area contributed by atoms with Crippen molar-refractivity contribution >= 4 is 22.9 Å². The van der Waals surface area contributed by atoms with E-state index < -0.39 is 0 Å². The first-order chi connectivity index (χ1) is 10.3. The van der Waals surface area contributed by atoms with Gasteiger partial charge in [0.05, 0.1) is 11.6 Å². The number of fused-ring (bicyclic) bond motifs is 1. The highest BCUT2D eigenvalue weighted by Crippen LogP contribution is 2.38. The minimum absolute atomic E-state index is 0.0327. The van der Waals surface area contributed by atoms with Gasteiger partial charge in [-0.25, -0.2) is 15.0 Å². The predicted octanol–water partition coefficient (Wildman–Crippen LogP) is 2.32. The van der Waals surface area contributed by atoms with Gasteiger partial charge in [0, 0.05) is 18.4 Å². The first kappa shape index (κ1) is 14.0. The van der Waals surface area contributed by atoms with E-state index in [1.807, 2.05) is 12.1 Å². The number of nitrogens with one attached hydrogen (secondary N) is 1. The lowest BCUT2D eigenvalue weighted by Gasteiger charge is -2.22. The van der Waals surface area contributed by atoms with Crippen molar-refractivity contribution in [1.29, 1.82) is 0 Å². The van der Waals surface area contributed by atoms with Crippen LogP contribution in [-0.2, 0) is 0 Å². The van der Waals surface area contributed by atoms with Crippen LogP contribution in [0.1, 0.15) is 24.2 Å². The van der Waals surface area contributed by atoms with Gasteiger partial charge in [-0.3, -0.25) is 4.98 Å². The zero-order valence-corrected chi connectivity index (χ0v) is 12.4. The number of pyridine rings is 1. The molecule has 0 aliphatic heterocycles. The fraction of sp³-hybridized carbons (Fsp3) is 0.286. The second-order valence-electron chi connectivity index (χ2n) is 4.67. The topological polar surface area (TPSA) is 93.4 Å². The van der Waals surface area contributed by atoms with Crippen LogP contribution in [0.2, 0.25) is 0 Å². The molecule has 3 aromatic rings. The number of nitrogens with zero attached hydrogens (tertiary/aromatic N) is 4. The summed E-state index contributed by atoms with van der Waals surface area (Å²) in [7, 11) is 0. The third-order valence-electron chi connectivity index (χ3n) is 3.32. The lowest BCUT2D eigenvalue weighted by atomic mass is 10.1. The Bertz CT molecular complexity index is 714. The Hall–Kier alpha value is -1.99. The first-order valence-electron chi connectivity index (χ1n) is 6.76. The molecule has 2 atom stereocenters. The number of hydrogen-bond acceptors (Lipinski definition) is 6. The van der Waals surface area contributed by atoms with Crippen LogP contribution in [0.25, 0.3) is 11.2 Å². The highest BCUT2D eigenvalue weighted by Gasteiger charge is 2.22. The summed E-state index contributed by atoms with van der Waals surface area (Å²) in [5.41, 5.74) is 8.98. The maximum Gasteiger partial charge on any atom is 0.181 e. The Morgan fingerprint density at radius 1 is 1.24 bits per heavy atom. The molecule has 21 heavy (non-hydrogen) atoms. The Morgan fingerprint density at radius 2 is 2.05 bits per heavy atom. The number of H-pyrrole nitrogens is 1. The average Bonchev–Trinajstić information content (AvgIpc) is 3.02. The monoisotopic (exact) mass is 300 g/mol. The molecule has 0 aliphatic rings. The molecule has 0 saturated carbocycles. The first-order valence-corrected chi connectivity index (χ1v) is 7.63. The number of rotatable bonds is 5. The molecule has 7 heteroatoms. The average molecular weight is 300 g/mol. The third kappa shape index (κ3) is 2.88. The molecule has 6 nitrogen and oxygen atoms in total. The van der Waals surface area contributed by atoms with Crippen molar-refractivity contribution in [2.75, 3.05) is 0 Å². The maximum absolute atomic E-state index is 6.31. The molecule has 0 radical (unpaired) electrons. The van der Waals surface area contributed by atoms with Crippen LogP contribution < -0.4 is 5.73 Å². The van der Waals surface area contributed by atoms with Gasteiger partial charge in [0.15, 0.2) is 5.65 Å². The van der Waals surface area contributed by atoms with Gasteiger partial charge in [0.2, 0.25) is 0 Å². The molecule has 0 aromatic carbocycles. The van der Waals surface area contributed by atoms with Gasteiger partial charge in [0.25, 0.3) is 0 Å². The molecule has 0 fully saturated rings. The molecular formula is C14H16N6S. The SMILES string of the molecule is CCC(N)C(Sc1ncnc2nc[nH]c12)c1ccncc1. The number of thioether (sulfide) groups is 1. The number of nitrogens with two attached hydrogens (primary N) is 1. The third-order valence-corrected chi connectivity index (χ3v) is 4.73. The minimum Gasteiger partial charge on any atom is -0.341 e. The lowest BCUT2D eigenvalue weighted by molar-refractivity contribution is 0.633. The van der Waals surface area contributed by atoms with Crippen LogP contribution in [0, 0.1) is 0 Å². The molecule has 3 N–H and O–H groups in total. The molecule has 0 amide bonds. The number of hydrogen-bond donors (Lipinski definition) is 2. The van der Waals surface area contributed by atoms with Gasteiger partial charge in [0.1, 0.15) is 16.9 Å². The van der Waals surface area contributed by atoms with Gasteiger partial charge in [-0.1, -0.05) is 18.7 Å². The molecule has 0 spiro atoms. The van der Waals surface area contributed by atoms with E-state index in [-0.39, 0.29) is 11.3 Å². The van der Waals surface area contributed by atoms with Crippen LogP contribution >= 0.6 is 11.8 Å². The summed E-state index contributed by atoms with van der Waals surface area (Å²) in [6, 6.07) is 4.03. The highest BCUT2D eigenvalue weighted by atomic mass is 32.2. The van der Waals surface area contributed by atoms with Gasteiger partial charge in [-0.15, -0.1) is 0 Å². The number of aromatic nitrogens is 5. The van der Waals surface area contributed by atoms with Crippen LogP contribution in [0.15, 0.2) is 42.2 Å². The Kier molecular flexibility index (Phi) is 4.12.